The zero-order valence-electron chi connectivity index (χ0n) is 22.7. The summed E-state index contributed by atoms with van der Waals surface area (Å²) >= 11 is 0. The number of alkyl halides is 3. The lowest BCUT2D eigenvalue weighted by molar-refractivity contribution is -0.137. The Hall–Kier alpha value is -3.72. The van der Waals surface area contributed by atoms with Gasteiger partial charge in [0.15, 0.2) is 0 Å². The van der Waals surface area contributed by atoms with Crippen molar-refractivity contribution >= 4 is 23.4 Å². The Bertz CT molecular complexity index is 1130. The van der Waals surface area contributed by atoms with E-state index in [1.165, 1.54) is 17.0 Å². The number of carbonyl (C=O) groups is 3. The highest BCUT2D eigenvalue weighted by atomic mass is 19.4. The van der Waals surface area contributed by atoms with E-state index in [-0.39, 0.29) is 50.5 Å². The number of halogens is 3. The first-order valence-corrected chi connectivity index (χ1v) is 13.0. The smallest absolute Gasteiger partial charge is 0.416 e. The van der Waals surface area contributed by atoms with Gasteiger partial charge in [0.1, 0.15) is 17.9 Å². The van der Waals surface area contributed by atoms with E-state index in [0.29, 0.717) is 18.0 Å². The molecule has 3 atom stereocenters. The molecule has 2 rings (SSSR count). The quantitative estimate of drug-likeness (QED) is 0.180. The van der Waals surface area contributed by atoms with Crippen molar-refractivity contribution in [2.45, 2.75) is 44.1 Å². The molecule has 0 fully saturated rings. The molecule has 0 saturated carbocycles. The van der Waals surface area contributed by atoms with E-state index in [2.05, 4.69) is 10.6 Å². The Kier molecular flexibility index (Phi) is 13.0. The van der Waals surface area contributed by atoms with Crippen molar-refractivity contribution in [2.24, 2.45) is 17.2 Å². The Morgan fingerprint density at radius 2 is 1.56 bits per heavy atom. The summed E-state index contributed by atoms with van der Waals surface area (Å²) in [6.07, 6.45) is -6.52. The number of carbonyl (C=O) groups excluding carboxylic acids is 3. The van der Waals surface area contributed by atoms with Gasteiger partial charge in [0, 0.05) is 38.3 Å². The molecule has 0 radical (unpaired) electrons. The molecule has 0 bridgehead atoms. The number of hydrogen-bond donors (Lipinski definition) is 6. The molecule has 0 heterocycles. The van der Waals surface area contributed by atoms with Gasteiger partial charge in [-0.15, -0.1) is 0 Å². The predicted octanol–water partition coefficient (Wildman–Crippen LogP) is 1.11. The highest BCUT2D eigenvalue weighted by Crippen LogP contribution is 2.30. The van der Waals surface area contributed by atoms with Gasteiger partial charge >= 0.3 is 6.18 Å². The number of rotatable bonds is 15. The summed E-state index contributed by atoms with van der Waals surface area (Å²) < 4.78 is 44.4. The van der Waals surface area contributed by atoms with Crippen molar-refractivity contribution in [2.75, 3.05) is 38.1 Å². The van der Waals surface area contributed by atoms with Crippen molar-refractivity contribution in [3.05, 3.63) is 59.7 Å². The summed E-state index contributed by atoms with van der Waals surface area (Å²) in [4.78, 5) is 40.0. The topological polar surface area (TPSA) is 186 Å². The molecule has 0 aliphatic carbocycles. The second-order valence-corrected chi connectivity index (χ2v) is 9.10. The zero-order chi connectivity index (χ0) is 30.6. The van der Waals surface area contributed by atoms with Crippen LogP contribution in [0.5, 0.6) is 5.75 Å². The van der Waals surface area contributed by atoms with E-state index >= 15 is 0 Å². The number of anilines is 1. The normalized spacial score (nSPS) is 13.6. The fourth-order valence-electron chi connectivity index (χ4n) is 3.87. The molecular formula is C27H37F3N6O5. The van der Waals surface area contributed by atoms with Gasteiger partial charge in [-0.1, -0.05) is 12.1 Å². The summed E-state index contributed by atoms with van der Waals surface area (Å²) in [5.41, 5.74) is 16.3. The van der Waals surface area contributed by atoms with Gasteiger partial charge in [-0.05, 0) is 55.3 Å². The van der Waals surface area contributed by atoms with Crippen LogP contribution in [0.1, 0.15) is 37.0 Å². The molecule has 3 amide bonds. The third kappa shape index (κ3) is 10.3. The fourth-order valence-corrected chi connectivity index (χ4v) is 3.87. The van der Waals surface area contributed by atoms with Crippen molar-refractivity contribution in [1.82, 2.24) is 10.2 Å². The molecular weight excluding hydrogens is 545 g/mol. The van der Waals surface area contributed by atoms with Crippen LogP contribution >= 0.6 is 0 Å². The molecule has 2 aromatic rings. The van der Waals surface area contributed by atoms with E-state index in [4.69, 9.17) is 21.9 Å². The number of nitrogens with one attached hydrogen (secondary N) is 2. The summed E-state index contributed by atoms with van der Waals surface area (Å²) in [7, 11) is 0. The maximum Gasteiger partial charge on any atom is 0.416 e. The maximum atomic E-state index is 13.2. The van der Waals surface area contributed by atoms with Gasteiger partial charge < -0.3 is 42.6 Å². The first kappa shape index (κ1) is 33.5. The van der Waals surface area contributed by atoms with Crippen LogP contribution in [0.4, 0.5) is 18.9 Å². The van der Waals surface area contributed by atoms with Crippen LogP contribution in [-0.4, -0.2) is 72.6 Å². The summed E-state index contributed by atoms with van der Waals surface area (Å²) in [6, 6.07) is 6.94. The van der Waals surface area contributed by atoms with E-state index in [9.17, 15) is 32.7 Å². The lowest BCUT2D eigenvalue weighted by Crippen LogP contribution is -2.52. The van der Waals surface area contributed by atoms with E-state index in [1.54, 1.807) is 12.1 Å². The zero-order valence-corrected chi connectivity index (χ0v) is 22.7. The average molecular weight is 583 g/mol. The Balaban J connectivity index is 2.20. The van der Waals surface area contributed by atoms with Crippen LogP contribution in [0, 0.1) is 0 Å². The largest absolute Gasteiger partial charge is 0.494 e. The molecule has 0 unspecified atom stereocenters. The van der Waals surface area contributed by atoms with Gasteiger partial charge in [0.2, 0.25) is 17.7 Å². The molecule has 0 aliphatic heterocycles. The van der Waals surface area contributed by atoms with E-state index < -0.39 is 41.7 Å². The Morgan fingerprint density at radius 1 is 0.976 bits per heavy atom. The van der Waals surface area contributed by atoms with Crippen molar-refractivity contribution in [3.8, 4) is 5.75 Å². The Labute approximate surface area is 236 Å². The van der Waals surface area contributed by atoms with Gasteiger partial charge in [-0.3, -0.25) is 14.4 Å². The van der Waals surface area contributed by atoms with Crippen LogP contribution < -0.4 is 32.6 Å². The lowest BCUT2D eigenvalue weighted by atomic mass is 9.99. The summed E-state index contributed by atoms with van der Waals surface area (Å²) in [5, 5.41) is 15.9. The molecule has 0 saturated heterocycles. The Morgan fingerprint density at radius 3 is 2.07 bits per heavy atom. The number of nitrogens with zero attached hydrogens (tertiary/aromatic N) is 1. The molecule has 41 heavy (non-hydrogen) atoms. The summed E-state index contributed by atoms with van der Waals surface area (Å²) in [5.74, 6) is -1.45. The molecule has 14 heteroatoms. The van der Waals surface area contributed by atoms with E-state index in [0.717, 1.165) is 24.3 Å². The first-order valence-electron chi connectivity index (χ1n) is 13.0. The van der Waals surface area contributed by atoms with Crippen molar-refractivity contribution in [1.29, 1.82) is 0 Å². The number of aliphatic hydroxyl groups excluding tert-OH is 1. The second-order valence-electron chi connectivity index (χ2n) is 9.10. The lowest BCUT2D eigenvalue weighted by Gasteiger charge is -2.26. The second kappa shape index (κ2) is 15.9. The van der Waals surface area contributed by atoms with Crippen LogP contribution in [0.3, 0.4) is 0 Å². The molecule has 11 nitrogen and oxygen atoms in total. The third-order valence-corrected chi connectivity index (χ3v) is 6.07. The number of ether oxygens (including phenoxy) is 1. The molecule has 0 aliphatic rings. The SMILES string of the molecule is CCOc1ccc(NC(=O)[C@@H](NC(=O)[C@@H](N)CCC(=O)N(CCN)CCN)[C@H](O)c2ccc(C(F)(F)F)cc2)cc1. The van der Waals surface area contributed by atoms with Gasteiger partial charge in [-0.2, -0.15) is 13.2 Å². The predicted molar refractivity (Wildman–Crippen MR) is 146 cm³/mol. The maximum absolute atomic E-state index is 13.2. The minimum absolute atomic E-state index is 0.0481. The molecule has 2 aromatic carbocycles. The van der Waals surface area contributed by atoms with Crippen LogP contribution in [0.2, 0.25) is 0 Å². The minimum atomic E-state index is -4.60. The van der Waals surface area contributed by atoms with E-state index in [1.807, 2.05) is 6.92 Å². The monoisotopic (exact) mass is 582 g/mol. The van der Waals surface area contributed by atoms with Crippen molar-refractivity contribution < 1.29 is 37.4 Å². The first-order chi connectivity index (χ1) is 19.4. The number of nitrogens with two attached hydrogens (primary N) is 3. The standard InChI is InChI=1S/C27H37F3N6O5/c1-2-41-20-9-7-19(8-10-20)34-26(40)23(24(38)17-3-5-18(6-4-17)27(28,29)30)35-25(39)21(33)11-12-22(37)36(15-13-31)16-14-32/h3-10,21,23-24,38H,2,11-16,31-33H2,1H3,(H,34,40)(H,35,39)/t21-,23-,24+/m0/s1. The van der Waals surface area contributed by atoms with Gasteiger partial charge in [0.25, 0.3) is 0 Å². The minimum Gasteiger partial charge on any atom is -0.494 e. The number of amides is 3. The highest BCUT2D eigenvalue weighted by molar-refractivity contribution is 5.98. The average Bonchev–Trinajstić information content (AvgIpc) is 2.94. The van der Waals surface area contributed by atoms with Gasteiger partial charge in [-0.25, -0.2) is 0 Å². The van der Waals surface area contributed by atoms with Crippen LogP contribution in [0.15, 0.2) is 48.5 Å². The van der Waals surface area contributed by atoms with Gasteiger partial charge in [0.05, 0.1) is 18.2 Å². The number of hydrogen-bond acceptors (Lipinski definition) is 8. The third-order valence-electron chi connectivity index (χ3n) is 6.07. The molecule has 0 aromatic heterocycles. The van der Waals surface area contributed by atoms with Crippen molar-refractivity contribution in [3.63, 3.8) is 0 Å². The number of benzene rings is 2. The fraction of sp³-hybridized carbons (Fsp3) is 0.444. The summed E-state index contributed by atoms with van der Waals surface area (Å²) in [6.45, 7) is 3.26. The van der Waals surface area contributed by atoms with Crippen LogP contribution in [0.25, 0.3) is 0 Å². The molecule has 226 valence electrons. The van der Waals surface area contributed by atoms with Crippen LogP contribution in [-0.2, 0) is 20.6 Å². The molecule has 9 N–H and O–H groups in total. The molecule has 0 spiro atoms. The number of aliphatic hydroxyl groups is 1. The highest BCUT2D eigenvalue weighted by Gasteiger charge is 2.34.